The fourth-order valence-corrected chi connectivity index (χ4v) is 7.08. The summed E-state index contributed by atoms with van der Waals surface area (Å²) < 4.78 is 0. The number of benzene rings is 1. The molecule has 0 unspecified atom stereocenters. The highest BCUT2D eigenvalue weighted by atomic mass is 16.3. The molecule has 4 aliphatic rings. The van der Waals surface area contributed by atoms with E-state index in [-0.39, 0.29) is 46.1 Å². The van der Waals surface area contributed by atoms with Gasteiger partial charge in [-0.1, -0.05) is 65.7 Å². The first-order valence-corrected chi connectivity index (χ1v) is 17.0. The molecule has 2 amide bonds. The SMILES string of the molecule is CCN(CC)c1ccc(C2=C(O)/C(=C3/C(=O)N(C4CCCCC4)N=C3CCC3CCCC3)C2=O)c(NC(=O)C(C)(C)CC)c1. The maximum absolute atomic E-state index is 14.0. The van der Waals surface area contributed by atoms with Crippen LogP contribution in [0.15, 0.2) is 40.2 Å². The standard InChI is InChI=1S/C36H50N4O4/c1-6-36(4,5)35(44)37-28-22-25(39(7-2)8-3)19-20-26(28)29-32(41)31(33(29)42)30-27(21-18-23-14-12-13-15-23)38-40(34(30)43)24-16-10-9-11-17-24/h19-20,22-24,41H,6-18,21H2,1-5H3,(H,37,44)/b31-30-. The summed E-state index contributed by atoms with van der Waals surface area (Å²) in [7, 11) is 0. The number of Topliss-reactive ketones (excluding diaryl/α,β-unsaturated/α-hetero) is 1. The van der Waals surface area contributed by atoms with Crippen molar-refractivity contribution in [2.45, 2.75) is 118 Å². The lowest BCUT2D eigenvalue weighted by Crippen LogP contribution is -2.36. The Morgan fingerprint density at radius 1 is 0.977 bits per heavy atom. The Balaban J connectivity index is 1.54. The molecule has 2 fully saturated rings. The van der Waals surface area contributed by atoms with Crippen LogP contribution in [0.1, 0.15) is 117 Å². The molecule has 0 spiro atoms. The molecule has 2 N–H and O–H groups in total. The lowest BCUT2D eigenvalue weighted by atomic mass is 9.78. The summed E-state index contributed by atoms with van der Waals surface area (Å²) >= 11 is 0. The van der Waals surface area contributed by atoms with Crippen LogP contribution in [-0.4, -0.2) is 52.6 Å². The van der Waals surface area contributed by atoms with Gasteiger partial charge in [0.25, 0.3) is 5.91 Å². The van der Waals surface area contributed by atoms with Crippen LogP contribution in [0.3, 0.4) is 0 Å². The Bertz CT molecular complexity index is 1390. The average molecular weight is 603 g/mol. The molecule has 0 radical (unpaired) electrons. The van der Waals surface area contributed by atoms with Gasteiger partial charge in [-0.3, -0.25) is 14.4 Å². The molecular formula is C36H50N4O4. The molecule has 1 aromatic carbocycles. The van der Waals surface area contributed by atoms with Gasteiger partial charge in [0.2, 0.25) is 11.7 Å². The molecule has 0 saturated heterocycles. The summed E-state index contributed by atoms with van der Waals surface area (Å²) in [6.07, 6.45) is 12.2. The van der Waals surface area contributed by atoms with E-state index >= 15 is 0 Å². The van der Waals surface area contributed by atoms with Gasteiger partial charge >= 0.3 is 0 Å². The number of aliphatic hydroxyl groups excluding tert-OH is 1. The molecule has 0 atom stereocenters. The molecule has 5 rings (SSSR count). The van der Waals surface area contributed by atoms with Crippen molar-refractivity contribution in [3.05, 3.63) is 40.7 Å². The van der Waals surface area contributed by atoms with E-state index in [1.165, 1.54) is 25.7 Å². The third kappa shape index (κ3) is 6.09. The van der Waals surface area contributed by atoms with Crippen molar-refractivity contribution in [1.29, 1.82) is 0 Å². The minimum Gasteiger partial charge on any atom is -0.506 e. The molecule has 8 nitrogen and oxygen atoms in total. The second kappa shape index (κ2) is 13.3. The molecule has 2 saturated carbocycles. The highest BCUT2D eigenvalue weighted by Crippen LogP contribution is 2.44. The minimum atomic E-state index is -0.612. The van der Waals surface area contributed by atoms with E-state index in [0.29, 0.717) is 35.7 Å². The molecule has 44 heavy (non-hydrogen) atoms. The first-order chi connectivity index (χ1) is 21.1. The molecule has 1 aliphatic heterocycles. The maximum Gasteiger partial charge on any atom is 0.277 e. The number of carbonyl (C=O) groups excluding carboxylic acids is 3. The zero-order valence-electron chi connectivity index (χ0n) is 27.3. The van der Waals surface area contributed by atoms with E-state index in [9.17, 15) is 19.5 Å². The highest BCUT2D eigenvalue weighted by Gasteiger charge is 2.46. The molecule has 0 aromatic heterocycles. The smallest absolute Gasteiger partial charge is 0.277 e. The van der Waals surface area contributed by atoms with Crippen LogP contribution in [0.4, 0.5) is 11.4 Å². The highest BCUT2D eigenvalue weighted by molar-refractivity contribution is 6.44. The summed E-state index contributed by atoms with van der Waals surface area (Å²) in [5.74, 6) is -0.354. The average Bonchev–Trinajstić information content (AvgIpc) is 3.66. The lowest BCUT2D eigenvalue weighted by Gasteiger charge is -2.29. The summed E-state index contributed by atoms with van der Waals surface area (Å²) in [5, 5.41) is 21.1. The second-order valence-corrected chi connectivity index (χ2v) is 13.6. The summed E-state index contributed by atoms with van der Waals surface area (Å²) in [6, 6.07) is 5.63. The van der Waals surface area contributed by atoms with Gasteiger partial charge < -0.3 is 15.3 Å². The van der Waals surface area contributed by atoms with E-state index in [0.717, 1.165) is 57.3 Å². The van der Waals surface area contributed by atoms with Gasteiger partial charge in [-0.05, 0) is 70.1 Å². The predicted octanol–water partition coefficient (Wildman–Crippen LogP) is 7.56. The Kier molecular flexibility index (Phi) is 9.66. The van der Waals surface area contributed by atoms with Crippen molar-refractivity contribution in [2.24, 2.45) is 16.4 Å². The van der Waals surface area contributed by atoms with Crippen LogP contribution in [0.2, 0.25) is 0 Å². The number of aliphatic hydroxyl groups is 1. The van der Waals surface area contributed by atoms with E-state index in [2.05, 4.69) is 24.1 Å². The number of nitrogens with one attached hydrogen (secondary N) is 1. The Labute approximate surface area is 262 Å². The van der Waals surface area contributed by atoms with Gasteiger partial charge in [0.15, 0.2) is 0 Å². The van der Waals surface area contributed by atoms with Gasteiger partial charge in [0, 0.05) is 29.8 Å². The number of anilines is 2. The molecule has 238 valence electrons. The van der Waals surface area contributed by atoms with Gasteiger partial charge in [-0.25, -0.2) is 5.01 Å². The van der Waals surface area contributed by atoms with Crippen molar-refractivity contribution in [1.82, 2.24) is 5.01 Å². The lowest BCUT2D eigenvalue weighted by molar-refractivity contribution is -0.129. The number of hydrogen-bond acceptors (Lipinski definition) is 6. The number of nitrogens with zero attached hydrogens (tertiary/aromatic N) is 3. The fourth-order valence-electron chi connectivity index (χ4n) is 7.08. The van der Waals surface area contributed by atoms with Crippen LogP contribution >= 0.6 is 0 Å². The molecule has 8 heteroatoms. The Morgan fingerprint density at radius 3 is 2.25 bits per heavy atom. The van der Waals surface area contributed by atoms with Crippen LogP contribution in [-0.2, 0) is 14.4 Å². The monoisotopic (exact) mass is 602 g/mol. The van der Waals surface area contributed by atoms with Gasteiger partial charge in [0.05, 0.1) is 34.2 Å². The van der Waals surface area contributed by atoms with Crippen molar-refractivity contribution in [2.75, 3.05) is 23.3 Å². The maximum atomic E-state index is 14.0. The van der Waals surface area contributed by atoms with Crippen LogP contribution in [0.25, 0.3) is 5.57 Å². The molecule has 1 heterocycles. The number of hydrogen-bond donors (Lipinski definition) is 2. The Hall–Kier alpha value is -3.42. The van der Waals surface area contributed by atoms with Crippen molar-refractivity contribution < 1.29 is 19.5 Å². The third-order valence-corrected chi connectivity index (χ3v) is 10.4. The van der Waals surface area contributed by atoms with Gasteiger partial charge in [-0.15, -0.1) is 0 Å². The van der Waals surface area contributed by atoms with E-state index in [4.69, 9.17) is 5.10 Å². The number of ketones is 1. The second-order valence-electron chi connectivity index (χ2n) is 13.6. The summed E-state index contributed by atoms with van der Waals surface area (Å²) in [4.78, 5) is 43.4. The van der Waals surface area contributed by atoms with Gasteiger partial charge in [-0.2, -0.15) is 5.10 Å². The van der Waals surface area contributed by atoms with Crippen molar-refractivity contribution in [3.8, 4) is 0 Å². The quantitative estimate of drug-likeness (QED) is 0.255. The van der Waals surface area contributed by atoms with Crippen LogP contribution in [0.5, 0.6) is 0 Å². The molecular weight excluding hydrogens is 552 g/mol. The number of amides is 2. The zero-order chi connectivity index (χ0) is 31.6. The first-order valence-electron chi connectivity index (χ1n) is 17.0. The topological polar surface area (TPSA) is 102 Å². The summed E-state index contributed by atoms with van der Waals surface area (Å²) in [6.45, 7) is 11.5. The van der Waals surface area contributed by atoms with Crippen LogP contribution in [0, 0.1) is 11.3 Å². The van der Waals surface area contributed by atoms with E-state index < -0.39 is 5.41 Å². The first kappa shape index (κ1) is 32.0. The van der Waals surface area contributed by atoms with E-state index in [1.54, 1.807) is 11.1 Å². The largest absolute Gasteiger partial charge is 0.506 e. The molecule has 0 bridgehead atoms. The summed E-state index contributed by atoms with van der Waals surface area (Å²) in [5.41, 5.74) is 2.38. The number of hydrazone groups is 1. The normalized spacial score (nSPS) is 21.7. The van der Waals surface area contributed by atoms with Crippen molar-refractivity contribution >= 4 is 40.3 Å². The van der Waals surface area contributed by atoms with Crippen molar-refractivity contribution in [3.63, 3.8) is 0 Å². The Morgan fingerprint density at radius 2 is 1.64 bits per heavy atom. The number of carbonyl (C=O) groups is 3. The molecule has 1 aromatic rings. The van der Waals surface area contributed by atoms with E-state index in [1.807, 2.05) is 32.9 Å². The molecule has 3 aliphatic carbocycles. The predicted molar refractivity (Wildman–Crippen MR) is 177 cm³/mol. The number of rotatable bonds is 11. The zero-order valence-corrected chi connectivity index (χ0v) is 27.3. The van der Waals surface area contributed by atoms with Crippen LogP contribution < -0.4 is 10.2 Å². The van der Waals surface area contributed by atoms with Gasteiger partial charge in [0.1, 0.15) is 5.76 Å². The fraction of sp³-hybridized carbons (Fsp3) is 0.611. The third-order valence-electron chi connectivity index (χ3n) is 10.4. The number of allylic oxidation sites excluding steroid dienone is 2. The minimum absolute atomic E-state index is 0.0351.